The molecular formula is C14H16F8O4S. The summed E-state index contributed by atoms with van der Waals surface area (Å²) in [5.74, 6) is -14.8. The van der Waals surface area contributed by atoms with Crippen molar-refractivity contribution in [2.24, 2.45) is 23.7 Å². The molecule has 0 heterocycles. The quantitative estimate of drug-likeness (QED) is 0.411. The first-order valence-corrected chi connectivity index (χ1v) is 9.29. The molecule has 2 bridgehead atoms. The van der Waals surface area contributed by atoms with Crippen molar-refractivity contribution in [1.29, 1.82) is 0 Å². The minimum Gasteiger partial charge on any atom is -0.339 e. The molecule has 4 unspecified atom stereocenters. The lowest BCUT2D eigenvalue weighted by atomic mass is 9.68. The fourth-order valence-corrected chi connectivity index (χ4v) is 4.80. The monoisotopic (exact) mass is 432 g/mol. The first-order valence-electron chi connectivity index (χ1n) is 7.68. The molecule has 0 saturated heterocycles. The number of hydrogen-bond acceptors (Lipinski definition) is 3. The maximum atomic E-state index is 14.7. The van der Waals surface area contributed by atoms with E-state index in [-0.39, 0.29) is 5.57 Å². The molecule has 1 N–H and O–H groups in total. The highest BCUT2D eigenvalue weighted by Crippen LogP contribution is 2.69. The van der Waals surface area contributed by atoms with Crippen molar-refractivity contribution >= 4 is 10.1 Å². The molecular weight excluding hydrogens is 416 g/mol. The van der Waals surface area contributed by atoms with E-state index in [4.69, 9.17) is 4.55 Å². The summed E-state index contributed by atoms with van der Waals surface area (Å²) < 4.78 is 145. The molecule has 0 aromatic rings. The zero-order valence-corrected chi connectivity index (χ0v) is 14.7. The Balaban J connectivity index is 2.73. The van der Waals surface area contributed by atoms with Crippen molar-refractivity contribution in [3.8, 4) is 0 Å². The van der Waals surface area contributed by atoms with Crippen LogP contribution in [0.1, 0.15) is 20.3 Å². The van der Waals surface area contributed by atoms with Gasteiger partial charge in [0.2, 0.25) is 0 Å². The molecule has 158 valence electrons. The van der Waals surface area contributed by atoms with Crippen LogP contribution >= 0.6 is 0 Å². The second-order valence-electron chi connectivity index (χ2n) is 6.75. The molecule has 0 amide bonds. The zero-order valence-electron chi connectivity index (χ0n) is 13.9. The van der Waals surface area contributed by atoms with Gasteiger partial charge in [0.1, 0.15) is 0 Å². The van der Waals surface area contributed by atoms with Crippen LogP contribution in [0.15, 0.2) is 11.6 Å². The van der Waals surface area contributed by atoms with Crippen molar-refractivity contribution in [3.05, 3.63) is 11.6 Å². The highest BCUT2D eigenvalue weighted by molar-refractivity contribution is 7.85. The molecule has 4 nitrogen and oxygen atoms in total. The Labute approximate surface area is 149 Å². The third-order valence-electron chi connectivity index (χ3n) is 5.43. The summed E-state index contributed by atoms with van der Waals surface area (Å²) in [5.41, 5.74) is -5.46. The molecule has 4 atom stereocenters. The van der Waals surface area contributed by atoms with Gasteiger partial charge in [-0.25, -0.2) is 8.78 Å². The second kappa shape index (κ2) is 6.28. The average molecular weight is 432 g/mol. The van der Waals surface area contributed by atoms with E-state index in [1.54, 1.807) is 0 Å². The van der Waals surface area contributed by atoms with Crippen LogP contribution in [0.5, 0.6) is 0 Å². The highest BCUT2D eigenvalue weighted by atomic mass is 32.2. The Morgan fingerprint density at radius 3 is 2.00 bits per heavy atom. The number of ether oxygens (including phenoxy) is 1. The Hall–Kier alpha value is -0.950. The normalized spacial score (nSPS) is 33.1. The van der Waals surface area contributed by atoms with Gasteiger partial charge in [-0.05, 0) is 25.2 Å². The number of alkyl halides is 8. The average Bonchev–Trinajstić information content (AvgIpc) is 2.88. The maximum absolute atomic E-state index is 14.7. The fraction of sp³-hybridized carbons (Fsp3) is 0.857. The van der Waals surface area contributed by atoms with Gasteiger partial charge in [-0.2, -0.15) is 34.8 Å². The van der Waals surface area contributed by atoms with Crippen LogP contribution in [-0.2, 0) is 14.9 Å². The van der Waals surface area contributed by atoms with Gasteiger partial charge in [0.25, 0.3) is 21.6 Å². The Morgan fingerprint density at radius 1 is 1.19 bits per heavy atom. The van der Waals surface area contributed by atoms with Crippen LogP contribution < -0.4 is 0 Å². The zero-order chi connectivity index (χ0) is 21.2. The first-order chi connectivity index (χ1) is 11.9. The van der Waals surface area contributed by atoms with Crippen LogP contribution in [0.3, 0.4) is 0 Å². The molecule has 2 saturated carbocycles. The second-order valence-corrected chi connectivity index (χ2v) is 8.15. The molecule has 0 aromatic carbocycles. The van der Waals surface area contributed by atoms with Gasteiger partial charge >= 0.3 is 12.4 Å². The molecule has 0 radical (unpaired) electrons. The Kier molecular flexibility index (Phi) is 5.19. The summed E-state index contributed by atoms with van der Waals surface area (Å²) in [7, 11) is -5.47. The summed E-state index contributed by atoms with van der Waals surface area (Å²) in [4.78, 5) is 0. The molecule has 27 heavy (non-hydrogen) atoms. The standard InChI is InChI=1S/C14H16F8O4S/c1-3-7-6(2)9-4-8(7)10(11(9,15)16)12(13(17,18)19,14(20,21)22)26-5-27(23,24)25/h3,6,8-10H,4-5H2,1-2H3,(H,23,24,25)/b7-3+. The van der Waals surface area contributed by atoms with Crippen molar-refractivity contribution in [3.63, 3.8) is 0 Å². The van der Waals surface area contributed by atoms with Crippen molar-refractivity contribution < 1.29 is 52.8 Å². The SMILES string of the molecule is C/C=C1\C(C)C2CC1C(C(OCS(=O)(=O)O)(C(F)(F)F)C(F)(F)F)C2(F)F. The van der Waals surface area contributed by atoms with E-state index >= 15 is 0 Å². The van der Waals surface area contributed by atoms with E-state index in [0.717, 1.165) is 0 Å². The molecule has 2 aliphatic rings. The van der Waals surface area contributed by atoms with E-state index in [2.05, 4.69) is 4.74 Å². The maximum Gasteiger partial charge on any atom is 0.427 e. The Bertz CT molecular complexity index is 710. The van der Waals surface area contributed by atoms with Gasteiger partial charge in [0.05, 0.1) is 5.92 Å². The number of hydrogen-bond donors (Lipinski definition) is 1. The van der Waals surface area contributed by atoms with E-state index in [0.29, 0.717) is 0 Å². The van der Waals surface area contributed by atoms with Crippen molar-refractivity contribution in [1.82, 2.24) is 0 Å². The summed E-state index contributed by atoms with van der Waals surface area (Å²) in [6.07, 6.45) is -12.3. The summed E-state index contributed by atoms with van der Waals surface area (Å²) in [6.45, 7) is 2.59. The molecule has 0 spiro atoms. The molecule has 0 aromatic heterocycles. The van der Waals surface area contributed by atoms with Crippen molar-refractivity contribution in [2.75, 3.05) is 5.94 Å². The topological polar surface area (TPSA) is 63.6 Å². The predicted octanol–water partition coefficient (Wildman–Crippen LogP) is 4.20. The molecule has 2 fully saturated rings. The lowest BCUT2D eigenvalue weighted by molar-refractivity contribution is -0.412. The molecule has 2 rings (SSSR count). The fourth-order valence-electron chi connectivity index (χ4n) is 4.47. The van der Waals surface area contributed by atoms with Gasteiger partial charge in [-0.3, -0.25) is 4.55 Å². The smallest absolute Gasteiger partial charge is 0.339 e. The molecule has 2 aliphatic carbocycles. The lowest BCUT2D eigenvalue weighted by Crippen LogP contribution is -2.69. The first kappa shape index (κ1) is 22.3. The molecule has 13 heteroatoms. The minimum absolute atomic E-state index is 0.00394. The minimum atomic E-state index is -6.42. The van der Waals surface area contributed by atoms with Crippen molar-refractivity contribution in [2.45, 2.75) is 44.1 Å². The van der Waals surface area contributed by atoms with Crippen LogP contribution in [0.25, 0.3) is 0 Å². The Morgan fingerprint density at radius 2 is 1.67 bits per heavy atom. The summed E-state index contributed by atoms with van der Waals surface area (Å²) >= 11 is 0. The van der Waals surface area contributed by atoms with Crippen LogP contribution in [-0.4, -0.2) is 42.8 Å². The predicted molar refractivity (Wildman–Crippen MR) is 75.3 cm³/mol. The third kappa shape index (κ3) is 3.24. The number of allylic oxidation sites excluding steroid dienone is 2. The van der Waals surface area contributed by atoms with Gasteiger partial charge in [0, 0.05) is 5.92 Å². The van der Waals surface area contributed by atoms with Gasteiger partial charge in [-0.1, -0.05) is 18.6 Å². The van der Waals surface area contributed by atoms with E-state index < -0.39 is 70.0 Å². The van der Waals surface area contributed by atoms with E-state index in [9.17, 15) is 43.5 Å². The summed E-state index contributed by atoms with van der Waals surface area (Å²) in [6, 6.07) is 0. The van der Waals surface area contributed by atoms with Crippen LogP contribution in [0.4, 0.5) is 35.1 Å². The van der Waals surface area contributed by atoms with Crippen LogP contribution in [0.2, 0.25) is 0 Å². The number of halogens is 8. The number of fused-ring (bicyclic) bond motifs is 2. The lowest BCUT2D eigenvalue weighted by Gasteiger charge is -2.48. The number of rotatable bonds is 4. The van der Waals surface area contributed by atoms with Gasteiger partial charge in [-0.15, -0.1) is 0 Å². The largest absolute Gasteiger partial charge is 0.427 e. The summed E-state index contributed by atoms with van der Waals surface area (Å²) in [5, 5.41) is 0. The highest BCUT2D eigenvalue weighted by Gasteiger charge is 2.85. The van der Waals surface area contributed by atoms with Gasteiger partial charge in [0.15, 0.2) is 5.94 Å². The van der Waals surface area contributed by atoms with E-state index in [1.807, 2.05) is 0 Å². The van der Waals surface area contributed by atoms with E-state index in [1.165, 1.54) is 19.9 Å². The molecule has 0 aliphatic heterocycles. The van der Waals surface area contributed by atoms with Crippen LogP contribution in [0, 0.1) is 23.7 Å². The third-order valence-corrected chi connectivity index (χ3v) is 5.84. The van der Waals surface area contributed by atoms with Gasteiger partial charge < -0.3 is 4.74 Å².